The molecule has 6 nitrogen and oxygen atoms in total. The summed E-state index contributed by atoms with van der Waals surface area (Å²) in [4.78, 5) is 6.59. The van der Waals surface area contributed by atoms with E-state index in [0.29, 0.717) is 5.92 Å². The lowest BCUT2D eigenvalue weighted by Crippen LogP contribution is -2.28. The standard InChI is InChI=1S/C10H17N5O/c11-7-1-2-15(5-7)10-12-9(13-14-10)6-3-8(16)4-6/h6-8,16H,1-5,11H2,(H,12,13,14). The van der Waals surface area contributed by atoms with Gasteiger partial charge < -0.3 is 15.7 Å². The van der Waals surface area contributed by atoms with E-state index in [4.69, 9.17) is 5.73 Å². The second-order valence-electron chi connectivity index (χ2n) is 4.84. The first-order valence-electron chi connectivity index (χ1n) is 5.83. The Morgan fingerprint density at radius 2 is 2.25 bits per heavy atom. The summed E-state index contributed by atoms with van der Waals surface area (Å²) in [5, 5.41) is 16.4. The average Bonchev–Trinajstić information content (AvgIpc) is 2.81. The molecule has 1 unspecified atom stereocenters. The van der Waals surface area contributed by atoms with Gasteiger partial charge in [0.05, 0.1) is 6.10 Å². The Labute approximate surface area is 93.9 Å². The smallest absolute Gasteiger partial charge is 0.244 e. The highest BCUT2D eigenvalue weighted by atomic mass is 16.3. The summed E-state index contributed by atoms with van der Waals surface area (Å²) in [5.41, 5.74) is 5.84. The van der Waals surface area contributed by atoms with E-state index in [9.17, 15) is 5.11 Å². The summed E-state index contributed by atoms with van der Waals surface area (Å²) in [6.07, 6.45) is 2.45. The predicted octanol–water partition coefficient (Wildman–Crippen LogP) is -0.420. The number of nitrogens with one attached hydrogen (secondary N) is 1. The van der Waals surface area contributed by atoms with E-state index in [1.165, 1.54) is 0 Å². The molecule has 3 rings (SSSR count). The highest BCUT2D eigenvalue weighted by molar-refractivity contribution is 5.32. The van der Waals surface area contributed by atoms with Gasteiger partial charge in [-0.3, -0.25) is 5.10 Å². The van der Waals surface area contributed by atoms with Crippen LogP contribution in [-0.4, -0.2) is 45.5 Å². The van der Waals surface area contributed by atoms with Crippen molar-refractivity contribution in [1.29, 1.82) is 0 Å². The third-order valence-electron chi connectivity index (χ3n) is 3.50. The molecule has 2 heterocycles. The van der Waals surface area contributed by atoms with Crippen LogP contribution in [0, 0.1) is 0 Å². The molecule has 1 aliphatic carbocycles. The maximum atomic E-state index is 9.24. The highest BCUT2D eigenvalue weighted by Gasteiger charge is 2.32. The van der Waals surface area contributed by atoms with Crippen LogP contribution in [0.4, 0.5) is 5.95 Å². The number of anilines is 1. The Bertz CT molecular complexity index is 373. The molecule has 1 aliphatic heterocycles. The molecule has 1 saturated carbocycles. The van der Waals surface area contributed by atoms with Gasteiger partial charge in [-0.1, -0.05) is 0 Å². The van der Waals surface area contributed by atoms with Gasteiger partial charge in [0, 0.05) is 25.0 Å². The molecule has 1 aromatic heterocycles. The molecule has 0 amide bonds. The topological polar surface area (TPSA) is 91.1 Å². The molecular weight excluding hydrogens is 206 g/mol. The number of hydrogen-bond acceptors (Lipinski definition) is 5. The monoisotopic (exact) mass is 223 g/mol. The minimum absolute atomic E-state index is 0.154. The molecule has 1 aromatic rings. The van der Waals surface area contributed by atoms with E-state index in [2.05, 4.69) is 20.1 Å². The van der Waals surface area contributed by atoms with Gasteiger partial charge in [0.25, 0.3) is 0 Å². The van der Waals surface area contributed by atoms with Crippen LogP contribution in [-0.2, 0) is 0 Å². The van der Waals surface area contributed by atoms with E-state index in [1.807, 2.05) is 0 Å². The van der Waals surface area contributed by atoms with Gasteiger partial charge in [-0.25, -0.2) is 0 Å². The van der Waals surface area contributed by atoms with Crippen LogP contribution >= 0.6 is 0 Å². The molecule has 16 heavy (non-hydrogen) atoms. The van der Waals surface area contributed by atoms with Crippen molar-refractivity contribution in [2.24, 2.45) is 5.73 Å². The Kier molecular flexibility index (Phi) is 2.33. The van der Waals surface area contributed by atoms with Gasteiger partial charge in [0.15, 0.2) is 0 Å². The molecule has 4 N–H and O–H groups in total. The molecule has 1 saturated heterocycles. The van der Waals surface area contributed by atoms with Gasteiger partial charge in [0.2, 0.25) is 5.95 Å². The van der Waals surface area contributed by atoms with Crippen LogP contribution in [0.2, 0.25) is 0 Å². The number of rotatable bonds is 2. The number of aliphatic hydroxyl groups excluding tert-OH is 1. The van der Waals surface area contributed by atoms with Crippen molar-refractivity contribution in [3.63, 3.8) is 0 Å². The maximum Gasteiger partial charge on any atom is 0.244 e. The summed E-state index contributed by atoms with van der Waals surface area (Å²) < 4.78 is 0. The van der Waals surface area contributed by atoms with Crippen molar-refractivity contribution in [1.82, 2.24) is 15.2 Å². The summed E-state index contributed by atoms with van der Waals surface area (Å²) >= 11 is 0. The zero-order valence-electron chi connectivity index (χ0n) is 9.13. The van der Waals surface area contributed by atoms with E-state index < -0.39 is 0 Å². The molecule has 2 fully saturated rings. The molecule has 0 aromatic carbocycles. The SMILES string of the molecule is NC1CCN(c2n[nH]c(C3CC(O)C3)n2)C1. The van der Waals surface area contributed by atoms with Gasteiger partial charge in [0.1, 0.15) is 5.82 Å². The minimum atomic E-state index is -0.154. The van der Waals surface area contributed by atoms with Gasteiger partial charge in [-0.15, -0.1) is 5.10 Å². The quantitative estimate of drug-likeness (QED) is 0.633. The molecule has 2 aliphatic rings. The molecule has 88 valence electrons. The van der Waals surface area contributed by atoms with Crippen LogP contribution in [0.25, 0.3) is 0 Å². The van der Waals surface area contributed by atoms with Crippen molar-refractivity contribution >= 4 is 5.95 Å². The van der Waals surface area contributed by atoms with Crippen LogP contribution < -0.4 is 10.6 Å². The molecule has 0 radical (unpaired) electrons. The highest BCUT2D eigenvalue weighted by Crippen LogP contribution is 2.35. The molecule has 1 atom stereocenters. The van der Waals surface area contributed by atoms with Crippen molar-refractivity contribution in [3.05, 3.63) is 5.82 Å². The number of aromatic amines is 1. The molecule has 0 bridgehead atoms. The molecule has 6 heteroatoms. The maximum absolute atomic E-state index is 9.24. The van der Waals surface area contributed by atoms with Gasteiger partial charge in [-0.2, -0.15) is 4.98 Å². The van der Waals surface area contributed by atoms with Crippen LogP contribution in [0.15, 0.2) is 0 Å². The second kappa shape index (κ2) is 3.71. The number of hydrogen-bond donors (Lipinski definition) is 3. The third kappa shape index (κ3) is 1.68. The first-order chi connectivity index (χ1) is 7.72. The minimum Gasteiger partial charge on any atom is -0.393 e. The van der Waals surface area contributed by atoms with Gasteiger partial charge >= 0.3 is 0 Å². The summed E-state index contributed by atoms with van der Waals surface area (Å²) in [7, 11) is 0. The summed E-state index contributed by atoms with van der Waals surface area (Å²) in [5.74, 6) is 2.01. The molecule has 0 spiro atoms. The van der Waals surface area contributed by atoms with Crippen LogP contribution in [0.5, 0.6) is 0 Å². The van der Waals surface area contributed by atoms with Crippen molar-refractivity contribution < 1.29 is 5.11 Å². The lowest BCUT2D eigenvalue weighted by molar-refractivity contribution is 0.0718. The number of H-pyrrole nitrogens is 1. The summed E-state index contributed by atoms with van der Waals surface area (Å²) in [6, 6.07) is 0.243. The molecular formula is C10H17N5O. The number of aliphatic hydroxyl groups is 1. The van der Waals surface area contributed by atoms with Crippen LogP contribution in [0.1, 0.15) is 31.0 Å². The van der Waals surface area contributed by atoms with E-state index in [-0.39, 0.29) is 12.1 Å². The Hall–Kier alpha value is -1.14. The zero-order chi connectivity index (χ0) is 11.1. The van der Waals surface area contributed by atoms with Gasteiger partial charge in [-0.05, 0) is 19.3 Å². The Morgan fingerprint density at radius 1 is 1.44 bits per heavy atom. The van der Waals surface area contributed by atoms with Crippen molar-refractivity contribution in [3.8, 4) is 0 Å². The van der Waals surface area contributed by atoms with E-state index in [1.54, 1.807) is 0 Å². The third-order valence-corrected chi connectivity index (χ3v) is 3.50. The Balaban J connectivity index is 1.68. The van der Waals surface area contributed by atoms with E-state index >= 15 is 0 Å². The largest absolute Gasteiger partial charge is 0.393 e. The average molecular weight is 223 g/mol. The number of nitrogens with two attached hydrogens (primary N) is 1. The number of nitrogens with zero attached hydrogens (tertiary/aromatic N) is 3. The fourth-order valence-electron chi connectivity index (χ4n) is 2.37. The number of aromatic nitrogens is 3. The fourth-order valence-corrected chi connectivity index (χ4v) is 2.37. The normalized spacial score (nSPS) is 34.1. The first kappa shape index (κ1) is 10.0. The first-order valence-corrected chi connectivity index (χ1v) is 5.83. The lowest BCUT2D eigenvalue weighted by Gasteiger charge is -2.29. The summed E-state index contributed by atoms with van der Waals surface area (Å²) in [6.45, 7) is 1.77. The lowest BCUT2D eigenvalue weighted by atomic mass is 9.82. The fraction of sp³-hybridized carbons (Fsp3) is 0.800. The van der Waals surface area contributed by atoms with Crippen molar-refractivity contribution in [2.45, 2.75) is 37.3 Å². The second-order valence-corrected chi connectivity index (χ2v) is 4.84. The Morgan fingerprint density at radius 3 is 2.88 bits per heavy atom. The predicted molar refractivity (Wildman–Crippen MR) is 59.2 cm³/mol. The van der Waals surface area contributed by atoms with Crippen LogP contribution in [0.3, 0.4) is 0 Å². The van der Waals surface area contributed by atoms with E-state index in [0.717, 1.165) is 44.1 Å². The zero-order valence-corrected chi connectivity index (χ0v) is 9.13. The van der Waals surface area contributed by atoms with Crippen molar-refractivity contribution in [2.75, 3.05) is 18.0 Å².